The number of pyridine rings is 2. The lowest BCUT2D eigenvalue weighted by Crippen LogP contribution is -2.14. The quantitative estimate of drug-likeness (QED) is 0.801. The minimum absolute atomic E-state index is 0.0492. The van der Waals surface area contributed by atoms with Crippen LogP contribution in [-0.2, 0) is 9.53 Å². The molecule has 0 aromatic carbocycles. The Balaban J connectivity index is 1.77. The second-order valence-corrected chi connectivity index (χ2v) is 7.57. The van der Waals surface area contributed by atoms with E-state index >= 15 is 0 Å². The largest absolute Gasteiger partial charge is 0.501 e. The fraction of sp³-hybridized carbons (Fsp3) is 0.409. The van der Waals surface area contributed by atoms with Crippen LogP contribution in [0.1, 0.15) is 45.1 Å². The number of hydrogen-bond acceptors (Lipinski definition) is 5. The highest BCUT2D eigenvalue weighted by Crippen LogP contribution is 2.40. The molecule has 0 saturated heterocycles. The van der Waals surface area contributed by atoms with E-state index in [4.69, 9.17) is 9.72 Å². The highest BCUT2D eigenvalue weighted by molar-refractivity contribution is 5.96. The molecule has 2 aromatic heterocycles. The molecule has 0 aliphatic heterocycles. The SMILES string of the molecule is CNc1nc2cc(NC(=O)C3CC3)ncc2cc1C1=C(C)CCC(OC)=C1C. The summed E-state index contributed by atoms with van der Waals surface area (Å²) in [5, 5.41) is 7.07. The van der Waals surface area contributed by atoms with Crippen molar-refractivity contribution in [2.45, 2.75) is 39.5 Å². The van der Waals surface area contributed by atoms with Crippen LogP contribution in [0.15, 0.2) is 35.2 Å². The molecule has 1 saturated carbocycles. The maximum Gasteiger partial charge on any atom is 0.228 e. The van der Waals surface area contributed by atoms with Crippen LogP contribution in [0, 0.1) is 5.92 Å². The molecule has 6 nitrogen and oxygen atoms in total. The summed E-state index contributed by atoms with van der Waals surface area (Å²) >= 11 is 0. The summed E-state index contributed by atoms with van der Waals surface area (Å²) in [6.07, 6.45) is 5.62. The van der Waals surface area contributed by atoms with Gasteiger partial charge in [0.2, 0.25) is 5.91 Å². The molecule has 1 amide bonds. The molecule has 2 aromatic rings. The average Bonchev–Trinajstić information content (AvgIpc) is 3.53. The first-order valence-electron chi connectivity index (χ1n) is 9.75. The minimum atomic E-state index is 0.0492. The zero-order chi connectivity index (χ0) is 19.8. The zero-order valence-corrected chi connectivity index (χ0v) is 16.8. The highest BCUT2D eigenvalue weighted by Gasteiger charge is 2.30. The van der Waals surface area contributed by atoms with Gasteiger partial charge in [-0.25, -0.2) is 9.97 Å². The van der Waals surface area contributed by atoms with Gasteiger partial charge < -0.3 is 15.4 Å². The predicted octanol–water partition coefficient (Wildman–Crippen LogP) is 4.51. The lowest BCUT2D eigenvalue weighted by molar-refractivity contribution is -0.117. The van der Waals surface area contributed by atoms with Crippen molar-refractivity contribution in [1.29, 1.82) is 0 Å². The number of amides is 1. The molecule has 0 bridgehead atoms. The van der Waals surface area contributed by atoms with Crippen molar-refractivity contribution in [2.75, 3.05) is 24.8 Å². The van der Waals surface area contributed by atoms with E-state index in [2.05, 4.69) is 35.5 Å². The normalized spacial score (nSPS) is 17.1. The van der Waals surface area contributed by atoms with E-state index in [0.717, 1.165) is 59.3 Å². The van der Waals surface area contributed by atoms with E-state index < -0.39 is 0 Å². The Kier molecular flexibility index (Phi) is 4.79. The number of ether oxygens (including phenoxy) is 1. The number of carbonyl (C=O) groups excluding carboxylic acids is 1. The predicted molar refractivity (Wildman–Crippen MR) is 112 cm³/mol. The smallest absolute Gasteiger partial charge is 0.228 e. The van der Waals surface area contributed by atoms with Crippen LogP contribution in [-0.4, -0.2) is 30.0 Å². The van der Waals surface area contributed by atoms with Gasteiger partial charge in [-0.15, -0.1) is 0 Å². The Bertz CT molecular complexity index is 1020. The van der Waals surface area contributed by atoms with Gasteiger partial charge in [0.15, 0.2) is 0 Å². The molecule has 0 spiro atoms. The average molecular weight is 378 g/mol. The first-order chi connectivity index (χ1) is 13.5. The Morgan fingerprint density at radius 2 is 2.00 bits per heavy atom. The number of methoxy groups -OCH3 is 1. The maximum atomic E-state index is 12.0. The first kappa shape index (κ1) is 18.5. The van der Waals surface area contributed by atoms with E-state index in [0.29, 0.717) is 5.82 Å². The third-order valence-corrected chi connectivity index (χ3v) is 5.60. The molecule has 6 heteroatoms. The second kappa shape index (κ2) is 7.26. The number of rotatable bonds is 5. The number of hydrogen-bond donors (Lipinski definition) is 2. The molecule has 1 fully saturated rings. The molecular weight excluding hydrogens is 352 g/mol. The fourth-order valence-electron chi connectivity index (χ4n) is 3.85. The van der Waals surface area contributed by atoms with Crippen LogP contribution in [0.25, 0.3) is 16.5 Å². The molecule has 2 heterocycles. The Hall–Kier alpha value is -2.89. The van der Waals surface area contributed by atoms with Gasteiger partial charge >= 0.3 is 0 Å². The van der Waals surface area contributed by atoms with Crippen molar-refractivity contribution in [3.05, 3.63) is 40.8 Å². The van der Waals surface area contributed by atoms with Gasteiger partial charge in [0.1, 0.15) is 11.6 Å². The summed E-state index contributed by atoms with van der Waals surface area (Å²) in [6.45, 7) is 4.28. The van der Waals surface area contributed by atoms with Crippen LogP contribution in [0.5, 0.6) is 0 Å². The van der Waals surface area contributed by atoms with Gasteiger partial charge in [-0.1, -0.05) is 5.57 Å². The summed E-state index contributed by atoms with van der Waals surface area (Å²) in [4.78, 5) is 21.3. The van der Waals surface area contributed by atoms with Gasteiger partial charge in [-0.2, -0.15) is 0 Å². The number of anilines is 2. The van der Waals surface area contributed by atoms with E-state index in [1.54, 1.807) is 13.3 Å². The van der Waals surface area contributed by atoms with Crippen LogP contribution < -0.4 is 10.6 Å². The van der Waals surface area contributed by atoms with Gasteiger partial charge in [-0.05, 0) is 50.3 Å². The zero-order valence-electron chi connectivity index (χ0n) is 16.8. The van der Waals surface area contributed by atoms with Gasteiger partial charge in [0.25, 0.3) is 0 Å². The Morgan fingerprint density at radius 3 is 2.68 bits per heavy atom. The van der Waals surface area contributed by atoms with Gasteiger partial charge in [-0.3, -0.25) is 4.79 Å². The van der Waals surface area contributed by atoms with E-state index in [1.807, 2.05) is 13.1 Å². The molecule has 2 aliphatic carbocycles. The van der Waals surface area contributed by atoms with Crippen molar-refractivity contribution in [3.8, 4) is 0 Å². The number of nitrogens with zero attached hydrogens (tertiary/aromatic N) is 2. The third-order valence-electron chi connectivity index (χ3n) is 5.60. The first-order valence-corrected chi connectivity index (χ1v) is 9.75. The number of carbonyl (C=O) groups is 1. The molecule has 146 valence electrons. The standard InChI is InChI=1S/C22H26N4O2/c1-12-5-8-18(28-4)13(2)20(12)16-9-15-11-24-19(26-22(27)14-6-7-14)10-17(15)25-21(16)23-3/h9-11,14H,5-8H2,1-4H3,(H,23,25)(H,24,26,27). The van der Waals surface area contributed by atoms with Gasteiger partial charge in [0, 0.05) is 42.6 Å². The molecule has 0 atom stereocenters. The van der Waals surface area contributed by atoms with E-state index in [1.165, 1.54) is 11.1 Å². The second-order valence-electron chi connectivity index (χ2n) is 7.57. The van der Waals surface area contributed by atoms with Crippen LogP contribution in [0.2, 0.25) is 0 Å². The van der Waals surface area contributed by atoms with E-state index in [-0.39, 0.29) is 11.8 Å². The lowest BCUT2D eigenvalue weighted by atomic mass is 9.86. The summed E-state index contributed by atoms with van der Waals surface area (Å²) in [7, 11) is 3.61. The number of aromatic nitrogens is 2. The summed E-state index contributed by atoms with van der Waals surface area (Å²) in [5.41, 5.74) is 5.53. The van der Waals surface area contributed by atoms with Crippen molar-refractivity contribution < 1.29 is 9.53 Å². The van der Waals surface area contributed by atoms with Crippen LogP contribution in [0.3, 0.4) is 0 Å². The highest BCUT2D eigenvalue weighted by atomic mass is 16.5. The van der Waals surface area contributed by atoms with E-state index in [9.17, 15) is 4.79 Å². The topological polar surface area (TPSA) is 76.1 Å². The lowest BCUT2D eigenvalue weighted by Gasteiger charge is -2.24. The number of allylic oxidation sites excluding steroid dienone is 4. The molecule has 28 heavy (non-hydrogen) atoms. The minimum Gasteiger partial charge on any atom is -0.501 e. The molecular formula is C22H26N4O2. The third kappa shape index (κ3) is 3.35. The summed E-state index contributed by atoms with van der Waals surface area (Å²) in [5.74, 6) is 2.58. The van der Waals surface area contributed by atoms with Crippen molar-refractivity contribution in [2.24, 2.45) is 5.92 Å². The Morgan fingerprint density at radius 1 is 1.21 bits per heavy atom. The van der Waals surface area contributed by atoms with Crippen molar-refractivity contribution in [3.63, 3.8) is 0 Å². The fourth-order valence-corrected chi connectivity index (χ4v) is 3.85. The Labute approximate surface area is 165 Å². The maximum absolute atomic E-state index is 12.0. The van der Waals surface area contributed by atoms with Gasteiger partial charge in [0.05, 0.1) is 18.4 Å². The number of nitrogens with one attached hydrogen (secondary N) is 2. The molecule has 0 radical (unpaired) electrons. The van der Waals surface area contributed by atoms with Crippen molar-refractivity contribution in [1.82, 2.24) is 9.97 Å². The molecule has 2 aliphatic rings. The molecule has 0 unspecified atom stereocenters. The van der Waals surface area contributed by atoms with Crippen LogP contribution in [0.4, 0.5) is 11.6 Å². The monoisotopic (exact) mass is 378 g/mol. The van der Waals surface area contributed by atoms with Crippen molar-refractivity contribution >= 4 is 34.0 Å². The summed E-state index contributed by atoms with van der Waals surface area (Å²) in [6, 6.07) is 3.96. The summed E-state index contributed by atoms with van der Waals surface area (Å²) < 4.78 is 5.59. The molecule has 4 rings (SSSR count). The van der Waals surface area contributed by atoms with Crippen LogP contribution >= 0.6 is 0 Å². The number of fused-ring (bicyclic) bond motifs is 1. The molecule has 2 N–H and O–H groups in total.